The lowest BCUT2D eigenvalue weighted by Gasteiger charge is -2.33. The molecule has 1 fully saturated rings. The highest BCUT2D eigenvalue weighted by Gasteiger charge is 2.33. The first-order valence-corrected chi connectivity index (χ1v) is 6.63. The van der Waals surface area contributed by atoms with Crippen LogP contribution in [0.1, 0.15) is 17.2 Å². The van der Waals surface area contributed by atoms with E-state index in [0.717, 1.165) is 25.2 Å². The van der Waals surface area contributed by atoms with Crippen LogP contribution in [0, 0.1) is 0 Å². The lowest BCUT2D eigenvalue weighted by molar-refractivity contribution is -0.147. The lowest BCUT2D eigenvalue weighted by atomic mass is 10.0. The van der Waals surface area contributed by atoms with Gasteiger partial charge in [-0.3, -0.25) is 4.90 Å². The Hall–Kier alpha value is -1.60. The standard InChI is InChI=1S/C14H17F3N2O2/c1-21-13(20)12(19-8-6-18-7-9-19)10-2-4-11(5-3-10)14(15,16)17/h2-5,12,18H,6-9H2,1H3. The molecule has 116 valence electrons. The first-order valence-electron chi connectivity index (χ1n) is 6.63. The molecule has 1 aromatic carbocycles. The maximum Gasteiger partial charge on any atom is 0.416 e. The molecular formula is C14H17F3N2O2. The van der Waals surface area contributed by atoms with E-state index in [1.165, 1.54) is 19.2 Å². The molecule has 1 saturated heterocycles. The van der Waals surface area contributed by atoms with Crippen molar-refractivity contribution in [3.05, 3.63) is 35.4 Å². The van der Waals surface area contributed by atoms with Crippen LogP contribution in [0.4, 0.5) is 13.2 Å². The molecule has 7 heteroatoms. The zero-order valence-corrected chi connectivity index (χ0v) is 11.6. The van der Waals surface area contributed by atoms with E-state index in [0.29, 0.717) is 18.7 Å². The van der Waals surface area contributed by atoms with Gasteiger partial charge in [-0.25, -0.2) is 4.79 Å². The zero-order valence-electron chi connectivity index (χ0n) is 11.6. The summed E-state index contributed by atoms with van der Waals surface area (Å²) in [7, 11) is 1.28. The van der Waals surface area contributed by atoms with Crippen LogP contribution in [0.5, 0.6) is 0 Å². The van der Waals surface area contributed by atoms with Crippen molar-refractivity contribution in [2.75, 3.05) is 33.3 Å². The maximum atomic E-state index is 12.6. The summed E-state index contributed by atoms with van der Waals surface area (Å²) in [4.78, 5) is 13.9. The summed E-state index contributed by atoms with van der Waals surface area (Å²) < 4.78 is 42.6. The summed E-state index contributed by atoms with van der Waals surface area (Å²) in [6.07, 6.45) is -4.38. The minimum absolute atomic E-state index is 0.461. The molecule has 0 bridgehead atoms. The van der Waals surface area contributed by atoms with E-state index in [-0.39, 0.29) is 0 Å². The highest BCUT2D eigenvalue weighted by Crippen LogP contribution is 2.31. The predicted molar refractivity (Wildman–Crippen MR) is 70.6 cm³/mol. The Kier molecular flexibility index (Phi) is 4.84. The van der Waals surface area contributed by atoms with Crippen molar-refractivity contribution in [2.24, 2.45) is 0 Å². The van der Waals surface area contributed by atoms with Crippen LogP contribution >= 0.6 is 0 Å². The van der Waals surface area contributed by atoms with Gasteiger partial charge >= 0.3 is 12.1 Å². The van der Waals surface area contributed by atoms with Gasteiger partial charge in [0, 0.05) is 26.2 Å². The van der Waals surface area contributed by atoms with Gasteiger partial charge in [0.05, 0.1) is 12.7 Å². The molecule has 0 aromatic heterocycles. The number of methoxy groups -OCH3 is 1. The van der Waals surface area contributed by atoms with Crippen molar-refractivity contribution in [1.29, 1.82) is 0 Å². The van der Waals surface area contributed by atoms with Gasteiger partial charge in [-0.05, 0) is 17.7 Å². The minimum atomic E-state index is -4.38. The minimum Gasteiger partial charge on any atom is -0.468 e. The van der Waals surface area contributed by atoms with Gasteiger partial charge in [-0.1, -0.05) is 12.1 Å². The van der Waals surface area contributed by atoms with Crippen LogP contribution < -0.4 is 5.32 Å². The highest BCUT2D eigenvalue weighted by atomic mass is 19.4. The number of rotatable bonds is 3. The number of benzene rings is 1. The Balaban J connectivity index is 2.26. The van der Waals surface area contributed by atoms with E-state index in [1.54, 1.807) is 0 Å². The van der Waals surface area contributed by atoms with Crippen LogP contribution in [0.2, 0.25) is 0 Å². The third-order valence-electron chi connectivity index (χ3n) is 3.49. The highest BCUT2D eigenvalue weighted by molar-refractivity contribution is 5.77. The molecule has 0 radical (unpaired) electrons. The number of esters is 1. The van der Waals surface area contributed by atoms with Crippen LogP contribution in [0.15, 0.2) is 24.3 Å². The summed E-state index contributed by atoms with van der Waals surface area (Å²) in [5.74, 6) is -0.461. The summed E-state index contributed by atoms with van der Waals surface area (Å²) in [5.41, 5.74) is -0.216. The van der Waals surface area contributed by atoms with E-state index in [1.807, 2.05) is 4.90 Å². The van der Waals surface area contributed by atoms with Crippen molar-refractivity contribution in [2.45, 2.75) is 12.2 Å². The number of hydrogen-bond acceptors (Lipinski definition) is 4. The number of piperazine rings is 1. The molecule has 1 heterocycles. The van der Waals surface area contributed by atoms with E-state index < -0.39 is 23.8 Å². The fraction of sp³-hybridized carbons (Fsp3) is 0.500. The molecule has 1 aliphatic rings. The van der Waals surface area contributed by atoms with Gasteiger partial charge in [-0.15, -0.1) is 0 Å². The molecule has 2 rings (SSSR count). The van der Waals surface area contributed by atoms with Gasteiger partial charge in [0.2, 0.25) is 0 Å². The van der Waals surface area contributed by atoms with Gasteiger partial charge in [0.1, 0.15) is 6.04 Å². The van der Waals surface area contributed by atoms with Gasteiger partial charge in [0.25, 0.3) is 0 Å². The Labute approximate surface area is 120 Å². The average molecular weight is 302 g/mol. The normalized spacial score (nSPS) is 18.3. The van der Waals surface area contributed by atoms with E-state index in [2.05, 4.69) is 5.32 Å². The lowest BCUT2D eigenvalue weighted by Crippen LogP contribution is -2.47. The number of halogens is 3. The Morgan fingerprint density at radius 2 is 1.81 bits per heavy atom. The molecule has 1 aromatic rings. The van der Waals surface area contributed by atoms with Crippen molar-refractivity contribution in [1.82, 2.24) is 10.2 Å². The molecule has 4 nitrogen and oxygen atoms in total. The fourth-order valence-electron chi connectivity index (χ4n) is 2.40. The number of hydrogen-bond donors (Lipinski definition) is 1. The van der Waals surface area contributed by atoms with Crippen molar-refractivity contribution in [3.63, 3.8) is 0 Å². The van der Waals surface area contributed by atoms with Crippen LogP contribution in [-0.2, 0) is 15.7 Å². The number of ether oxygens (including phenoxy) is 1. The second-order valence-electron chi connectivity index (χ2n) is 4.83. The van der Waals surface area contributed by atoms with Crippen LogP contribution in [-0.4, -0.2) is 44.2 Å². The number of carbonyl (C=O) groups is 1. The SMILES string of the molecule is COC(=O)C(c1ccc(C(F)(F)F)cc1)N1CCNCC1. The largest absolute Gasteiger partial charge is 0.468 e. The summed E-state index contributed by atoms with van der Waals surface area (Å²) in [6.45, 7) is 2.74. The second kappa shape index (κ2) is 6.44. The number of nitrogens with zero attached hydrogens (tertiary/aromatic N) is 1. The Morgan fingerprint density at radius 3 is 2.29 bits per heavy atom. The monoisotopic (exact) mass is 302 g/mol. The number of carbonyl (C=O) groups excluding carboxylic acids is 1. The molecule has 0 amide bonds. The summed E-state index contributed by atoms with van der Waals surface area (Å²) >= 11 is 0. The van der Waals surface area contributed by atoms with Gasteiger partial charge < -0.3 is 10.1 Å². The van der Waals surface area contributed by atoms with E-state index in [4.69, 9.17) is 4.74 Å². The second-order valence-corrected chi connectivity index (χ2v) is 4.83. The molecule has 1 unspecified atom stereocenters. The molecule has 0 saturated carbocycles. The quantitative estimate of drug-likeness (QED) is 0.865. The molecule has 1 atom stereocenters. The molecule has 1 N–H and O–H groups in total. The summed E-state index contributed by atoms with van der Waals surface area (Å²) in [5, 5.41) is 3.16. The van der Waals surface area contributed by atoms with Crippen LogP contribution in [0.25, 0.3) is 0 Å². The first-order chi connectivity index (χ1) is 9.93. The van der Waals surface area contributed by atoms with Crippen molar-refractivity contribution >= 4 is 5.97 Å². The zero-order chi connectivity index (χ0) is 15.5. The number of alkyl halides is 3. The molecule has 0 aliphatic carbocycles. The fourth-order valence-corrected chi connectivity index (χ4v) is 2.40. The number of nitrogens with one attached hydrogen (secondary N) is 1. The average Bonchev–Trinajstić information content (AvgIpc) is 2.48. The molecular weight excluding hydrogens is 285 g/mol. The topological polar surface area (TPSA) is 41.6 Å². The maximum absolute atomic E-state index is 12.6. The summed E-state index contributed by atoms with van der Waals surface area (Å²) in [6, 6.07) is 4.00. The molecule has 0 spiro atoms. The van der Waals surface area contributed by atoms with Crippen LogP contribution in [0.3, 0.4) is 0 Å². The van der Waals surface area contributed by atoms with Gasteiger partial charge in [-0.2, -0.15) is 13.2 Å². The van der Waals surface area contributed by atoms with Crippen molar-refractivity contribution < 1.29 is 22.7 Å². The first kappa shape index (κ1) is 15.8. The Bertz CT molecular complexity index is 482. The van der Waals surface area contributed by atoms with Crippen molar-refractivity contribution in [3.8, 4) is 0 Å². The molecule has 21 heavy (non-hydrogen) atoms. The molecule has 1 aliphatic heterocycles. The van der Waals surface area contributed by atoms with Gasteiger partial charge in [0.15, 0.2) is 0 Å². The third-order valence-corrected chi connectivity index (χ3v) is 3.49. The van der Waals surface area contributed by atoms with E-state index >= 15 is 0 Å². The predicted octanol–water partition coefficient (Wildman–Crippen LogP) is 1.82. The smallest absolute Gasteiger partial charge is 0.416 e. The Morgan fingerprint density at radius 1 is 1.24 bits per heavy atom. The van der Waals surface area contributed by atoms with E-state index in [9.17, 15) is 18.0 Å². The third kappa shape index (κ3) is 3.74.